The van der Waals surface area contributed by atoms with Crippen LogP contribution < -0.4 is 0 Å². The summed E-state index contributed by atoms with van der Waals surface area (Å²) in [6, 6.07) is 0. The van der Waals surface area contributed by atoms with E-state index in [9.17, 15) is 5.11 Å². The fraction of sp³-hybridized carbons (Fsp3) is 0.933. The summed E-state index contributed by atoms with van der Waals surface area (Å²) in [4.78, 5) is 8.00. The van der Waals surface area contributed by atoms with Gasteiger partial charge in [0.25, 0.3) is 0 Å². The number of rotatable bonds is 4. The highest BCUT2D eigenvalue weighted by Crippen LogP contribution is 2.39. The summed E-state index contributed by atoms with van der Waals surface area (Å²) in [5, 5.41) is 10.7. The molecule has 0 radical (unpaired) electrons. The highest BCUT2D eigenvalue weighted by atomic mass is 16.3. The van der Waals surface area contributed by atoms with E-state index in [1.54, 1.807) is 0 Å². The summed E-state index contributed by atoms with van der Waals surface area (Å²) in [6.07, 6.45) is 9.63. The van der Waals surface area contributed by atoms with Gasteiger partial charge in [0.05, 0.1) is 5.60 Å². The van der Waals surface area contributed by atoms with E-state index >= 15 is 0 Å². The van der Waals surface area contributed by atoms with Crippen LogP contribution in [0.1, 0.15) is 72.1 Å². The summed E-state index contributed by atoms with van der Waals surface area (Å²) < 4.78 is 0. The number of hydrogen-bond donors (Lipinski definition) is 1. The van der Waals surface area contributed by atoms with Gasteiger partial charge in [0.1, 0.15) is 6.79 Å². The molecule has 0 spiro atoms. The Hall–Kier alpha value is -0.370. The lowest BCUT2D eigenvalue weighted by Gasteiger charge is -2.38. The van der Waals surface area contributed by atoms with Crippen LogP contribution in [0.2, 0.25) is 0 Å². The molecule has 1 fully saturated rings. The van der Waals surface area contributed by atoms with Crippen LogP contribution in [0.25, 0.3) is 0 Å². The van der Waals surface area contributed by atoms with Crippen LogP contribution in [-0.4, -0.2) is 17.5 Å². The molecular formula is C15H30O2. The number of carbonyl (C=O) groups excluding carboxylic acids is 1. The molecule has 0 aromatic heterocycles. The lowest BCUT2D eigenvalue weighted by atomic mass is 9.72. The zero-order chi connectivity index (χ0) is 13.3. The molecule has 17 heavy (non-hydrogen) atoms. The summed E-state index contributed by atoms with van der Waals surface area (Å²) >= 11 is 0. The van der Waals surface area contributed by atoms with E-state index in [4.69, 9.17) is 4.79 Å². The Bertz CT molecular complexity index is 193. The van der Waals surface area contributed by atoms with Gasteiger partial charge in [-0.3, -0.25) is 0 Å². The van der Waals surface area contributed by atoms with Crippen molar-refractivity contribution in [2.75, 3.05) is 0 Å². The van der Waals surface area contributed by atoms with Crippen molar-refractivity contribution in [3.8, 4) is 0 Å². The molecular weight excluding hydrogens is 212 g/mol. The predicted octanol–water partition coefficient (Wildman–Crippen LogP) is 3.96. The molecule has 0 amide bonds. The van der Waals surface area contributed by atoms with E-state index in [0.29, 0.717) is 11.8 Å². The highest BCUT2D eigenvalue weighted by Gasteiger charge is 2.37. The molecule has 2 heteroatoms. The van der Waals surface area contributed by atoms with Crippen molar-refractivity contribution in [1.29, 1.82) is 0 Å². The third-order valence-corrected chi connectivity index (χ3v) is 4.35. The molecule has 0 aromatic rings. The predicted molar refractivity (Wildman–Crippen MR) is 73.0 cm³/mol. The molecule has 0 heterocycles. The lowest BCUT2D eigenvalue weighted by Crippen LogP contribution is -2.40. The van der Waals surface area contributed by atoms with Crippen LogP contribution in [0, 0.1) is 11.8 Å². The Morgan fingerprint density at radius 2 is 1.76 bits per heavy atom. The maximum Gasteiger partial charge on any atom is 0.106 e. The zero-order valence-electron chi connectivity index (χ0n) is 11.9. The van der Waals surface area contributed by atoms with Gasteiger partial charge in [0.15, 0.2) is 0 Å². The Morgan fingerprint density at radius 1 is 1.18 bits per heavy atom. The second kappa shape index (κ2) is 8.68. The van der Waals surface area contributed by atoms with Crippen molar-refractivity contribution in [2.24, 2.45) is 11.8 Å². The average Bonchev–Trinajstić information content (AvgIpc) is 2.57. The van der Waals surface area contributed by atoms with E-state index in [2.05, 4.69) is 20.8 Å². The first-order valence-electron chi connectivity index (χ1n) is 7.15. The molecule has 102 valence electrons. The first-order valence-corrected chi connectivity index (χ1v) is 7.15. The second-order valence-electron chi connectivity index (χ2n) is 5.43. The van der Waals surface area contributed by atoms with Crippen molar-refractivity contribution in [2.45, 2.75) is 77.7 Å². The average molecular weight is 242 g/mol. The monoisotopic (exact) mass is 242 g/mol. The normalized spacial score (nSPS) is 28.5. The topological polar surface area (TPSA) is 37.3 Å². The van der Waals surface area contributed by atoms with Gasteiger partial charge in [0.2, 0.25) is 0 Å². The highest BCUT2D eigenvalue weighted by molar-refractivity contribution is 5.11. The van der Waals surface area contributed by atoms with Crippen molar-refractivity contribution >= 4 is 6.79 Å². The molecule has 0 aromatic carbocycles. The Labute approximate surface area is 107 Å². The second-order valence-corrected chi connectivity index (χ2v) is 5.43. The fourth-order valence-corrected chi connectivity index (χ4v) is 3.35. The van der Waals surface area contributed by atoms with Gasteiger partial charge in [-0.05, 0) is 31.1 Å². The molecule has 0 bridgehead atoms. The maximum atomic E-state index is 10.7. The van der Waals surface area contributed by atoms with Crippen LogP contribution in [-0.2, 0) is 4.79 Å². The summed E-state index contributed by atoms with van der Waals surface area (Å²) in [5.41, 5.74) is -0.376. The smallest absolute Gasteiger partial charge is 0.106 e. The number of aliphatic hydroxyl groups is 1. The van der Waals surface area contributed by atoms with Gasteiger partial charge in [0, 0.05) is 0 Å². The fourth-order valence-electron chi connectivity index (χ4n) is 3.35. The Balaban J connectivity index is 0.00000121. The summed E-state index contributed by atoms with van der Waals surface area (Å²) in [7, 11) is 0. The molecule has 1 aliphatic carbocycles. The van der Waals surface area contributed by atoms with Gasteiger partial charge >= 0.3 is 0 Å². The van der Waals surface area contributed by atoms with E-state index in [0.717, 1.165) is 19.3 Å². The van der Waals surface area contributed by atoms with Crippen molar-refractivity contribution in [1.82, 2.24) is 0 Å². The van der Waals surface area contributed by atoms with Crippen LogP contribution in [0.3, 0.4) is 0 Å². The molecule has 0 saturated heterocycles. The van der Waals surface area contributed by atoms with E-state index in [-0.39, 0.29) is 5.60 Å². The molecule has 1 rings (SSSR count). The molecule has 1 saturated carbocycles. The van der Waals surface area contributed by atoms with Crippen LogP contribution in [0.15, 0.2) is 0 Å². The first-order chi connectivity index (χ1) is 8.14. The first kappa shape index (κ1) is 16.6. The van der Waals surface area contributed by atoms with Crippen LogP contribution in [0.5, 0.6) is 0 Å². The van der Waals surface area contributed by atoms with Crippen LogP contribution in [0.4, 0.5) is 0 Å². The van der Waals surface area contributed by atoms with Gasteiger partial charge in [-0.1, -0.05) is 52.9 Å². The Morgan fingerprint density at radius 3 is 2.29 bits per heavy atom. The summed E-state index contributed by atoms with van der Waals surface area (Å²) in [6.45, 7) is 8.67. The van der Waals surface area contributed by atoms with Crippen molar-refractivity contribution < 1.29 is 9.90 Å². The molecule has 2 nitrogen and oxygen atoms in total. The third-order valence-electron chi connectivity index (χ3n) is 4.35. The minimum absolute atomic E-state index is 0.376. The molecule has 3 unspecified atom stereocenters. The largest absolute Gasteiger partial charge is 0.390 e. The Kier molecular flexibility index (Phi) is 8.49. The maximum absolute atomic E-state index is 10.7. The molecule has 0 aliphatic heterocycles. The van der Waals surface area contributed by atoms with Crippen molar-refractivity contribution in [3.05, 3.63) is 0 Å². The van der Waals surface area contributed by atoms with E-state index in [1.165, 1.54) is 32.1 Å². The molecule has 1 N–H and O–H groups in total. The minimum atomic E-state index is -0.376. The van der Waals surface area contributed by atoms with Crippen LogP contribution >= 0.6 is 0 Å². The molecule has 1 aliphatic rings. The molecule has 3 atom stereocenters. The van der Waals surface area contributed by atoms with Gasteiger partial charge in [-0.15, -0.1) is 0 Å². The SMILES string of the molecule is C=O.CCCC(O)(CC)C1CCCCCC1C. The minimum Gasteiger partial charge on any atom is -0.390 e. The third kappa shape index (κ3) is 4.79. The lowest BCUT2D eigenvalue weighted by molar-refractivity contribution is -0.0980. The summed E-state index contributed by atoms with van der Waals surface area (Å²) in [5.74, 6) is 1.26. The zero-order valence-corrected chi connectivity index (χ0v) is 11.9. The standard InChI is InChI=1S/C14H28O.CH2O/c1-4-11-14(15,5-2)13-10-8-6-7-9-12(13)3;1-2/h12-13,15H,4-11H2,1-3H3;1H2. The van der Waals surface area contributed by atoms with E-state index in [1.807, 2.05) is 6.79 Å². The quantitative estimate of drug-likeness (QED) is 0.758. The van der Waals surface area contributed by atoms with Gasteiger partial charge in [-0.2, -0.15) is 0 Å². The number of hydrogen-bond acceptors (Lipinski definition) is 2. The van der Waals surface area contributed by atoms with Crippen molar-refractivity contribution in [3.63, 3.8) is 0 Å². The number of carbonyl (C=O) groups is 1. The van der Waals surface area contributed by atoms with E-state index < -0.39 is 0 Å². The van der Waals surface area contributed by atoms with Gasteiger partial charge in [-0.25, -0.2) is 0 Å². The van der Waals surface area contributed by atoms with Gasteiger partial charge < -0.3 is 9.90 Å².